The van der Waals surface area contributed by atoms with Crippen LogP contribution in [0, 0.1) is 10.1 Å². The molecule has 0 aliphatic heterocycles. The van der Waals surface area contributed by atoms with Gasteiger partial charge in [-0.3, -0.25) is 14.9 Å². The number of anilines is 1. The number of nitro groups is 1. The zero-order valence-corrected chi connectivity index (χ0v) is 17.4. The van der Waals surface area contributed by atoms with Crippen LogP contribution in [0.1, 0.15) is 36.7 Å². The Kier molecular flexibility index (Phi) is 5.02. The van der Waals surface area contributed by atoms with Crippen molar-refractivity contribution in [2.24, 2.45) is 0 Å². The largest absolute Gasteiger partial charge is 0.436 e. The van der Waals surface area contributed by atoms with Crippen molar-refractivity contribution in [3.8, 4) is 11.5 Å². The van der Waals surface area contributed by atoms with Crippen LogP contribution in [0.5, 0.6) is 0 Å². The van der Waals surface area contributed by atoms with Gasteiger partial charge in [-0.15, -0.1) is 0 Å². The molecule has 0 aliphatic rings. The summed E-state index contributed by atoms with van der Waals surface area (Å²) in [6.07, 6.45) is 0. The summed E-state index contributed by atoms with van der Waals surface area (Å²) >= 11 is 0. The lowest BCUT2D eigenvalue weighted by Gasteiger charge is -2.18. The Morgan fingerprint density at radius 2 is 1.77 bits per heavy atom. The van der Waals surface area contributed by atoms with Crippen molar-refractivity contribution in [3.05, 3.63) is 88.0 Å². The molecule has 1 amide bonds. The third-order valence-electron chi connectivity index (χ3n) is 4.96. The first-order valence-corrected chi connectivity index (χ1v) is 9.78. The summed E-state index contributed by atoms with van der Waals surface area (Å²) in [5.41, 5.74) is 4.14. The molecule has 4 rings (SSSR count). The maximum absolute atomic E-state index is 12.4. The highest BCUT2D eigenvalue weighted by atomic mass is 16.6. The number of nitrogens with one attached hydrogen (secondary N) is 1. The van der Waals surface area contributed by atoms with Crippen molar-refractivity contribution in [2.45, 2.75) is 26.2 Å². The van der Waals surface area contributed by atoms with E-state index in [1.54, 1.807) is 24.3 Å². The first-order valence-electron chi connectivity index (χ1n) is 9.78. The van der Waals surface area contributed by atoms with Crippen LogP contribution in [0.4, 0.5) is 11.4 Å². The van der Waals surface area contributed by atoms with E-state index in [1.165, 1.54) is 29.8 Å². The molecule has 3 aromatic carbocycles. The molecular formula is C24H21N3O4. The van der Waals surface area contributed by atoms with E-state index in [-0.39, 0.29) is 16.7 Å². The Labute approximate surface area is 178 Å². The third-order valence-corrected chi connectivity index (χ3v) is 4.96. The smallest absolute Gasteiger partial charge is 0.270 e. The highest BCUT2D eigenvalue weighted by molar-refractivity contribution is 6.04. The summed E-state index contributed by atoms with van der Waals surface area (Å²) in [6, 6.07) is 18.7. The third kappa shape index (κ3) is 4.30. The number of hydrogen-bond donors (Lipinski definition) is 1. The van der Waals surface area contributed by atoms with Gasteiger partial charge in [0, 0.05) is 28.9 Å². The number of fused-ring (bicyclic) bond motifs is 1. The molecule has 4 aromatic rings. The molecule has 0 saturated heterocycles. The second-order valence-electron chi connectivity index (χ2n) is 8.29. The number of non-ortho nitro benzene ring substituents is 1. The molecule has 0 atom stereocenters. The van der Waals surface area contributed by atoms with Gasteiger partial charge in [0.1, 0.15) is 5.52 Å². The molecule has 1 heterocycles. The van der Waals surface area contributed by atoms with Gasteiger partial charge in [-0.1, -0.05) is 32.9 Å². The quantitative estimate of drug-likeness (QED) is 0.328. The summed E-state index contributed by atoms with van der Waals surface area (Å²) in [5.74, 6) is 0.0747. The number of benzene rings is 3. The lowest BCUT2D eigenvalue weighted by atomic mass is 9.87. The normalized spacial score (nSPS) is 11.5. The van der Waals surface area contributed by atoms with Gasteiger partial charge >= 0.3 is 0 Å². The van der Waals surface area contributed by atoms with Crippen molar-refractivity contribution in [1.82, 2.24) is 4.98 Å². The first kappa shape index (κ1) is 20.3. The Morgan fingerprint density at radius 3 is 2.45 bits per heavy atom. The molecular weight excluding hydrogens is 394 g/mol. The van der Waals surface area contributed by atoms with Crippen molar-refractivity contribution in [1.29, 1.82) is 0 Å². The molecule has 31 heavy (non-hydrogen) atoms. The van der Waals surface area contributed by atoms with Crippen LogP contribution >= 0.6 is 0 Å². The number of nitro benzene ring substituents is 1. The second-order valence-corrected chi connectivity index (χ2v) is 8.29. The minimum absolute atomic E-state index is 0.0202. The average Bonchev–Trinajstić information content (AvgIpc) is 3.17. The van der Waals surface area contributed by atoms with Gasteiger partial charge in [0.25, 0.3) is 11.6 Å². The standard InChI is InChI=1S/C24H21N3O4/c1-24(2,3)17-9-12-21-20(14-17)26-23(31-21)15-7-10-18(11-8-15)25-22(28)16-5-4-6-19(13-16)27(29)30/h4-14H,1-3H3,(H,25,28). The molecule has 0 spiro atoms. The van der Waals surface area contributed by atoms with Gasteiger partial charge in [-0.2, -0.15) is 0 Å². The number of amides is 1. The molecule has 1 aromatic heterocycles. The van der Waals surface area contributed by atoms with E-state index >= 15 is 0 Å². The molecule has 1 N–H and O–H groups in total. The predicted molar refractivity (Wildman–Crippen MR) is 119 cm³/mol. The molecule has 0 unspecified atom stereocenters. The summed E-state index contributed by atoms with van der Waals surface area (Å²) in [7, 11) is 0. The van der Waals surface area contributed by atoms with Crippen molar-refractivity contribution >= 4 is 28.4 Å². The SMILES string of the molecule is CC(C)(C)c1ccc2oc(-c3ccc(NC(=O)c4cccc([N+](=O)[O-])c4)cc3)nc2c1. The van der Waals surface area contributed by atoms with Crippen LogP contribution < -0.4 is 5.32 Å². The zero-order valence-electron chi connectivity index (χ0n) is 17.4. The molecule has 7 nitrogen and oxygen atoms in total. The fraction of sp³-hybridized carbons (Fsp3) is 0.167. The van der Waals surface area contributed by atoms with Gasteiger partial charge in [-0.25, -0.2) is 4.98 Å². The second kappa shape index (κ2) is 7.68. The van der Waals surface area contributed by atoms with Crippen LogP contribution in [0.25, 0.3) is 22.6 Å². The monoisotopic (exact) mass is 415 g/mol. The van der Waals surface area contributed by atoms with Crippen molar-refractivity contribution < 1.29 is 14.1 Å². The summed E-state index contributed by atoms with van der Waals surface area (Å²) < 4.78 is 5.89. The number of oxazole rings is 1. The number of nitrogens with zero attached hydrogens (tertiary/aromatic N) is 2. The predicted octanol–water partition coefficient (Wildman–Crippen LogP) is 5.95. The fourth-order valence-corrected chi connectivity index (χ4v) is 3.18. The highest BCUT2D eigenvalue weighted by Crippen LogP contribution is 2.29. The number of rotatable bonds is 4. The lowest BCUT2D eigenvalue weighted by Crippen LogP contribution is -2.11. The van der Waals surface area contributed by atoms with Crippen LogP contribution in [0.3, 0.4) is 0 Å². The van der Waals surface area contributed by atoms with Gasteiger partial charge < -0.3 is 9.73 Å². The molecule has 156 valence electrons. The summed E-state index contributed by atoms with van der Waals surface area (Å²) in [6.45, 7) is 6.45. The van der Waals surface area contributed by atoms with Gasteiger partial charge in [0.05, 0.1) is 4.92 Å². The molecule has 7 heteroatoms. The number of carbonyl (C=O) groups excluding carboxylic acids is 1. The summed E-state index contributed by atoms with van der Waals surface area (Å²) in [5, 5.41) is 13.6. The fourth-order valence-electron chi connectivity index (χ4n) is 3.18. The van der Waals surface area contributed by atoms with Crippen LogP contribution in [-0.4, -0.2) is 15.8 Å². The van der Waals surface area contributed by atoms with Crippen LogP contribution in [-0.2, 0) is 5.41 Å². The molecule has 0 bridgehead atoms. The summed E-state index contributed by atoms with van der Waals surface area (Å²) in [4.78, 5) is 27.4. The maximum Gasteiger partial charge on any atom is 0.270 e. The van der Waals surface area contributed by atoms with E-state index in [0.29, 0.717) is 17.2 Å². The zero-order chi connectivity index (χ0) is 22.2. The topological polar surface area (TPSA) is 98.3 Å². The van der Waals surface area contributed by atoms with E-state index in [9.17, 15) is 14.9 Å². The Bertz CT molecular complexity index is 1280. The van der Waals surface area contributed by atoms with E-state index in [2.05, 4.69) is 31.1 Å². The number of hydrogen-bond acceptors (Lipinski definition) is 5. The highest BCUT2D eigenvalue weighted by Gasteiger charge is 2.16. The number of aromatic nitrogens is 1. The van der Waals surface area contributed by atoms with Crippen molar-refractivity contribution in [2.75, 3.05) is 5.32 Å². The van der Waals surface area contributed by atoms with E-state index < -0.39 is 10.8 Å². The molecule has 0 radical (unpaired) electrons. The van der Waals surface area contributed by atoms with Gasteiger partial charge in [0.15, 0.2) is 5.58 Å². The van der Waals surface area contributed by atoms with Crippen LogP contribution in [0.15, 0.2) is 71.1 Å². The van der Waals surface area contributed by atoms with Gasteiger partial charge in [-0.05, 0) is 53.4 Å². The molecule has 0 saturated carbocycles. The van der Waals surface area contributed by atoms with Gasteiger partial charge in [0.2, 0.25) is 5.89 Å². The maximum atomic E-state index is 12.4. The minimum Gasteiger partial charge on any atom is -0.436 e. The minimum atomic E-state index is -0.531. The molecule has 0 aliphatic carbocycles. The van der Waals surface area contributed by atoms with Crippen molar-refractivity contribution in [3.63, 3.8) is 0 Å². The number of carbonyl (C=O) groups is 1. The van der Waals surface area contributed by atoms with E-state index in [1.807, 2.05) is 18.2 Å². The Balaban J connectivity index is 1.53. The molecule has 0 fully saturated rings. The van der Waals surface area contributed by atoms with E-state index in [4.69, 9.17) is 4.42 Å². The average molecular weight is 415 g/mol. The lowest BCUT2D eigenvalue weighted by molar-refractivity contribution is -0.384. The van der Waals surface area contributed by atoms with E-state index in [0.717, 1.165) is 11.1 Å². The first-order chi connectivity index (χ1) is 14.7. The van der Waals surface area contributed by atoms with Crippen LogP contribution in [0.2, 0.25) is 0 Å². The Hall–Kier alpha value is -4.00. The Morgan fingerprint density at radius 1 is 1.03 bits per heavy atom.